The molecule has 0 radical (unpaired) electrons. The summed E-state index contributed by atoms with van der Waals surface area (Å²) in [4.78, 5) is 13.7. The number of hydrogen-bond donors (Lipinski definition) is 1. The van der Waals surface area contributed by atoms with Gasteiger partial charge in [-0.05, 0) is 18.2 Å². The highest BCUT2D eigenvalue weighted by molar-refractivity contribution is 7.99. The fraction of sp³-hybridized carbons (Fsp3) is 0.333. The van der Waals surface area contributed by atoms with Crippen LogP contribution >= 0.6 is 11.8 Å². The van der Waals surface area contributed by atoms with E-state index < -0.39 is 0 Å². The predicted octanol–water partition coefficient (Wildman–Crippen LogP) is 1.18. The number of thioether (sulfide) groups is 1. The van der Waals surface area contributed by atoms with Crippen LogP contribution in [0.2, 0.25) is 0 Å². The van der Waals surface area contributed by atoms with Gasteiger partial charge in [-0.2, -0.15) is 5.26 Å². The number of hydrogen-bond acceptors (Lipinski definition) is 4. The molecule has 0 bridgehead atoms. The maximum Gasteiger partial charge on any atom is 0.244 e. The molecule has 1 aromatic rings. The van der Waals surface area contributed by atoms with Crippen LogP contribution in [0, 0.1) is 11.3 Å². The van der Waals surface area contributed by atoms with Gasteiger partial charge in [0.15, 0.2) is 0 Å². The number of carbonyl (C=O) groups is 1. The number of amides is 1. The number of rotatable bonds is 2. The Bertz CT molecular complexity index is 463. The largest absolute Gasteiger partial charge is 0.314 e. The molecule has 1 atom stereocenters. The number of likely N-dealkylation sites (N-methyl/N-ethyl adjacent to an activating group) is 1. The monoisotopic (exact) mass is 247 g/mol. The Morgan fingerprint density at radius 2 is 2.47 bits per heavy atom. The minimum atomic E-state index is -0.115. The highest BCUT2D eigenvalue weighted by Gasteiger charge is 2.26. The Hall–Kier alpha value is -1.51. The molecular formula is C12H13N3OS. The molecule has 17 heavy (non-hydrogen) atoms. The summed E-state index contributed by atoms with van der Waals surface area (Å²) in [6.07, 6.45) is 0. The molecule has 0 saturated carbocycles. The maximum atomic E-state index is 12.1. The van der Waals surface area contributed by atoms with E-state index in [1.807, 2.05) is 6.07 Å². The minimum Gasteiger partial charge on any atom is -0.314 e. The zero-order chi connectivity index (χ0) is 12.3. The van der Waals surface area contributed by atoms with Crippen molar-refractivity contribution in [1.29, 1.82) is 5.26 Å². The average molecular weight is 247 g/mol. The van der Waals surface area contributed by atoms with Gasteiger partial charge in [0.1, 0.15) is 0 Å². The first-order chi connectivity index (χ1) is 8.22. The van der Waals surface area contributed by atoms with Gasteiger partial charge in [0.2, 0.25) is 5.91 Å². The molecular weight excluding hydrogens is 234 g/mol. The van der Waals surface area contributed by atoms with Crippen LogP contribution < -0.4 is 10.2 Å². The van der Waals surface area contributed by atoms with Crippen molar-refractivity contribution in [1.82, 2.24) is 5.32 Å². The third-order valence-corrected chi connectivity index (χ3v) is 3.65. The molecule has 2 rings (SSSR count). The van der Waals surface area contributed by atoms with E-state index in [1.54, 1.807) is 41.9 Å². The van der Waals surface area contributed by atoms with E-state index in [1.165, 1.54) is 0 Å². The van der Waals surface area contributed by atoms with E-state index in [0.29, 0.717) is 5.56 Å². The smallest absolute Gasteiger partial charge is 0.244 e. The Kier molecular flexibility index (Phi) is 3.67. The van der Waals surface area contributed by atoms with Crippen molar-refractivity contribution >= 4 is 23.4 Å². The summed E-state index contributed by atoms with van der Waals surface area (Å²) < 4.78 is 0. The first-order valence-corrected chi connectivity index (χ1v) is 6.46. The summed E-state index contributed by atoms with van der Waals surface area (Å²) in [6.45, 7) is 0. The molecule has 5 heteroatoms. The zero-order valence-corrected chi connectivity index (χ0v) is 10.3. The molecule has 1 aromatic carbocycles. The topological polar surface area (TPSA) is 56.1 Å². The zero-order valence-electron chi connectivity index (χ0n) is 9.51. The highest BCUT2D eigenvalue weighted by Crippen LogP contribution is 2.18. The number of nitrogens with zero attached hydrogens (tertiary/aromatic N) is 2. The second kappa shape index (κ2) is 5.21. The SMILES string of the molecule is CN(C(=O)C1CSCN1)c1cccc(C#N)c1. The first-order valence-electron chi connectivity index (χ1n) is 5.31. The van der Waals surface area contributed by atoms with E-state index in [9.17, 15) is 4.79 Å². The number of nitrogens with one attached hydrogen (secondary N) is 1. The van der Waals surface area contributed by atoms with E-state index in [4.69, 9.17) is 5.26 Å². The molecule has 4 nitrogen and oxygen atoms in total. The molecule has 88 valence electrons. The summed E-state index contributed by atoms with van der Waals surface area (Å²) in [6, 6.07) is 9.03. The highest BCUT2D eigenvalue weighted by atomic mass is 32.2. The van der Waals surface area contributed by atoms with Crippen molar-refractivity contribution in [3.8, 4) is 6.07 Å². The minimum absolute atomic E-state index is 0.0464. The predicted molar refractivity (Wildman–Crippen MR) is 68.8 cm³/mol. The van der Waals surface area contributed by atoms with Crippen molar-refractivity contribution in [2.45, 2.75) is 6.04 Å². The van der Waals surface area contributed by atoms with Gasteiger partial charge in [0.25, 0.3) is 0 Å². The maximum absolute atomic E-state index is 12.1. The number of anilines is 1. The normalized spacial score (nSPS) is 18.7. The summed E-state index contributed by atoms with van der Waals surface area (Å²) >= 11 is 1.72. The Labute approximate surface area is 105 Å². The van der Waals surface area contributed by atoms with Crippen LogP contribution in [0.25, 0.3) is 0 Å². The van der Waals surface area contributed by atoms with Gasteiger partial charge < -0.3 is 4.90 Å². The fourth-order valence-electron chi connectivity index (χ4n) is 1.70. The lowest BCUT2D eigenvalue weighted by Crippen LogP contribution is -2.43. The van der Waals surface area contributed by atoms with Crippen LogP contribution in [0.15, 0.2) is 24.3 Å². The van der Waals surface area contributed by atoms with Crippen LogP contribution in [0.4, 0.5) is 5.69 Å². The van der Waals surface area contributed by atoms with Crippen molar-refractivity contribution in [2.24, 2.45) is 0 Å². The molecule has 1 unspecified atom stereocenters. The van der Waals surface area contributed by atoms with Crippen molar-refractivity contribution < 1.29 is 4.79 Å². The van der Waals surface area contributed by atoms with Gasteiger partial charge in [-0.3, -0.25) is 10.1 Å². The fourth-order valence-corrected chi connectivity index (χ4v) is 2.63. The van der Waals surface area contributed by atoms with Crippen LogP contribution in [0.1, 0.15) is 5.56 Å². The lowest BCUT2D eigenvalue weighted by molar-refractivity contribution is -0.119. The number of benzene rings is 1. The Morgan fingerprint density at radius 3 is 3.12 bits per heavy atom. The first kappa shape index (κ1) is 12.0. The molecule has 1 aliphatic heterocycles. The summed E-state index contributed by atoms with van der Waals surface area (Å²) in [5, 5.41) is 12.0. The van der Waals surface area contributed by atoms with Gasteiger partial charge in [-0.1, -0.05) is 6.07 Å². The number of nitriles is 1. The van der Waals surface area contributed by atoms with E-state index in [2.05, 4.69) is 11.4 Å². The quantitative estimate of drug-likeness (QED) is 0.852. The summed E-state index contributed by atoms with van der Waals surface area (Å²) in [7, 11) is 1.74. The molecule has 1 aliphatic rings. The molecule has 1 amide bonds. The summed E-state index contributed by atoms with van der Waals surface area (Å²) in [5.41, 5.74) is 1.32. The third kappa shape index (κ3) is 2.60. The van der Waals surface area contributed by atoms with Gasteiger partial charge >= 0.3 is 0 Å². The van der Waals surface area contributed by atoms with Crippen LogP contribution in [0.5, 0.6) is 0 Å². The van der Waals surface area contributed by atoms with Crippen LogP contribution in [-0.2, 0) is 4.79 Å². The van der Waals surface area contributed by atoms with E-state index in [-0.39, 0.29) is 11.9 Å². The lowest BCUT2D eigenvalue weighted by atomic mass is 10.2. The summed E-state index contributed by atoms with van der Waals surface area (Å²) in [5.74, 6) is 1.67. The second-order valence-corrected chi connectivity index (χ2v) is 4.86. The van der Waals surface area contributed by atoms with Gasteiger partial charge in [-0.25, -0.2) is 0 Å². The third-order valence-electron chi connectivity index (χ3n) is 2.71. The second-order valence-electron chi connectivity index (χ2n) is 3.83. The van der Waals surface area contributed by atoms with Crippen LogP contribution in [0.3, 0.4) is 0 Å². The molecule has 1 fully saturated rings. The Morgan fingerprint density at radius 1 is 1.65 bits per heavy atom. The van der Waals surface area contributed by atoms with Gasteiger partial charge in [0, 0.05) is 24.4 Å². The Balaban J connectivity index is 2.15. The molecule has 1 heterocycles. The lowest BCUT2D eigenvalue weighted by Gasteiger charge is -2.21. The number of carbonyl (C=O) groups excluding carboxylic acids is 1. The molecule has 1 saturated heterocycles. The van der Waals surface area contributed by atoms with Crippen molar-refractivity contribution in [3.63, 3.8) is 0 Å². The van der Waals surface area contributed by atoms with E-state index >= 15 is 0 Å². The standard InChI is InChI=1S/C12H13N3OS/c1-15(12(16)11-7-17-8-14-11)10-4-2-3-9(5-10)6-13/h2-5,11,14H,7-8H2,1H3. The average Bonchev–Trinajstić information content (AvgIpc) is 2.91. The molecule has 1 N–H and O–H groups in total. The van der Waals surface area contributed by atoms with E-state index in [0.717, 1.165) is 17.3 Å². The van der Waals surface area contributed by atoms with Crippen molar-refractivity contribution in [3.05, 3.63) is 29.8 Å². The molecule has 0 aliphatic carbocycles. The van der Waals surface area contributed by atoms with Gasteiger partial charge in [-0.15, -0.1) is 11.8 Å². The van der Waals surface area contributed by atoms with Crippen molar-refractivity contribution in [2.75, 3.05) is 23.6 Å². The molecule has 0 aromatic heterocycles. The van der Waals surface area contributed by atoms with Gasteiger partial charge in [0.05, 0.1) is 17.7 Å². The molecule has 0 spiro atoms. The van der Waals surface area contributed by atoms with Crippen LogP contribution in [-0.4, -0.2) is 30.6 Å².